The fourth-order valence-electron chi connectivity index (χ4n) is 1.51. The number of carbonyl (C=O) groups is 1. The number of hydrogen-bond donors (Lipinski definition) is 2. The maximum absolute atomic E-state index is 11.7. The number of likely N-dealkylation sites (N-methyl/N-ethyl adjacent to an activating group) is 1. The second-order valence-corrected chi connectivity index (χ2v) is 4.21. The van der Waals surface area contributed by atoms with Crippen LogP contribution in [0.25, 0.3) is 0 Å². The highest BCUT2D eigenvalue weighted by atomic mass is 16.2. The van der Waals surface area contributed by atoms with Crippen molar-refractivity contribution in [2.24, 2.45) is 0 Å². The number of urea groups is 1. The van der Waals surface area contributed by atoms with E-state index in [1.54, 1.807) is 24.5 Å². The summed E-state index contributed by atoms with van der Waals surface area (Å²) >= 11 is 0. The van der Waals surface area contributed by atoms with Gasteiger partial charge in [-0.3, -0.25) is 4.98 Å². The summed E-state index contributed by atoms with van der Waals surface area (Å²) in [6.07, 6.45) is 4.19. The molecular formula is C12H20N4O. The summed E-state index contributed by atoms with van der Waals surface area (Å²) in [6.45, 7) is 2.88. The number of nitrogens with zero attached hydrogens (tertiary/aromatic N) is 2. The molecule has 2 amide bonds. The van der Waals surface area contributed by atoms with Gasteiger partial charge in [-0.1, -0.05) is 6.92 Å². The van der Waals surface area contributed by atoms with Crippen LogP contribution in [0.5, 0.6) is 0 Å². The molecule has 1 atom stereocenters. The van der Waals surface area contributed by atoms with Gasteiger partial charge in [0, 0.05) is 18.8 Å². The summed E-state index contributed by atoms with van der Waals surface area (Å²) in [4.78, 5) is 17.7. The van der Waals surface area contributed by atoms with Gasteiger partial charge < -0.3 is 15.5 Å². The lowest BCUT2D eigenvalue weighted by Gasteiger charge is -2.21. The molecule has 0 spiro atoms. The minimum atomic E-state index is -0.188. The van der Waals surface area contributed by atoms with E-state index < -0.39 is 0 Å². The van der Waals surface area contributed by atoms with E-state index in [1.807, 2.05) is 14.1 Å². The third-order valence-electron chi connectivity index (χ3n) is 2.33. The van der Waals surface area contributed by atoms with Crippen LogP contribution < -0.4 is 10.6 Å². The Morgan fingerprint density at radius 1 is 1.53 bits per heavy atom. The van der Waals surface area contributed by atoms with E-state index in [4.69, 9.17) is 0 Å². The number of pyridine rings is 1. The molecule has 17 heavy (non-hydrogen) atoms. The Labute approximate surface area is 102 Å². The van der Waals surface area contributed by atoms with Crippen LogP contribution >= 0.6 is 0 Å². The molecule has 0 saturated carbocycles. The first-order valence-corrected chi connectivity index (χ1v) is 5.74. The predicted octanol–water partition coefficient (Wildman–Crippen LogP) is 1.54. The first-order valence-electron chi connectivity index (χ1n) is 5.74. The number of hydrogen-bond acceptors (Lipinski definition) is 3. The van der Waals surface area contributed by atoms with Crippen molar-refractivity contribution in [3.8, 4) is 0 Å². The molecule has 1 aromatic heterocycles. The fourth-order valence-corrected chi connectivity index (χ4v) is 1.51. The minimum absolute atomic E-state index is 0.154. The molecule has 2 N–H and O–H groups in total. The van der Waals surface area contributed by atoms with Gasteiger partial charge in [-0.15, -0.1) is 0 Å². The number of anilines is 1. The number of rotatable bonds is 5. The van der Waals surface area contributed by atoms with Crippen LogP contribution in [0.2, 0.25) is 0 Å². The van der Waals surface area contributed by atoms with Crippen LogP contribution in [0.3, 0.4) is 0 Å². The smallest absolute Gasteiger partial charge is 0.319 e. The van der Waals surface area contributed by atoms with Crippen molar-refractivity contribution in [2.45, 2.75) is 19.4 Å². The molecule has 0 saturated heterocycles. The summed E-state index contributed by atoms with van der Waals surface area (Å²) in [6, 6.07) is 3.56. The van der Waals surface area contributed by atoms with Crippen molar-refractivity contribution >= 4 is 11.7 Å². The Kier molecular flexibility index (Phi) is 5.42. The normalized spacial score (nSPS) is 12.2. The average Bonchev–Trinajstić information content (AvgIpc) is 2.28. The third kappa shape index (κ3) is 5.31. The molecule has 0 fully saturated rings. The Morgan fingerprint density at radius 2 is 2.29 bits per heavy atom. The number of amides is 2. The molecule has 0 bridgehead atoms. The second-order valence-electron chi connectivity index (χ2n) is 4.21. The molecule has 1 aromatic rings. The van der Waals surface area contributed by atoms with Crippen molar-refractivity contribution < 1.29 is 4.79 Å². The van der Waals surface area contributed by atoms with Crippen LogP contribution in [0, 0.1) is 0 Å². The van der Waals surface area contributed by atoms with Gasteiger partial charge >= 0.3 is 6.03 Å². The number of aromatic nitrogens is 1. The van der Waals surface area contributed by atoms with Gasteiger partial charge in [0.2, 0.25) is 0 Å². The van der Waals surface area contributed by atoms with Gasteiger partial charge in [0.1, 0.15) is 0 Å². The van der Waals surface area contributed by atoms with Crippen LogP contribution in [0.4, 0.5) is 10.5 Å². The minimum Gasteiger partial charge on any atom is -0.334 e. The maximum atomic E-state index is 11.7. The van der Waals surface area contributed by atoms with Gasteiger partial charge in [-0.05, 0) is 32.6 Å². The van der Waals surface area contributed by atoms with E-state index in [9.17, 15) is 4.79 Å². The first kappa shape index (κ1) is 13.4. The molecule has 1 rings (SSSR count). The number of nitrogens with one attached hydrogen (secondary N) is 2. The van der Waals surface area contributed by atoms with E-state index in [0.29, 0.717) is 5.69 Å². The van der Waals surface area contributed by atoms with Crippen molar-refractivity contribution in [3.63, 3.8) is 0 Å². The summed E-state index contributed by atoms with van der Waals surface area (Å²) in [5.41, 5.74) is 0.699. The van der Waals surface area contributed by atoms with E-state index in [1.165, 1.54) is 0 Å². The van der Waals surface area contributed by atoms with E-state index in [-0.39, 0.29) is 12.1 Å². The van der Waals surface area contributed by atoms with Crippen LogP contribution in [-0.2, 0) is 0 Å². The third-order valence-corrected chi connectivity index (χ3v) is 2.33. The van der Waals surface area contributed by atoms with Crippen molar-refractivity contribution in [3.05, 3.63) is 24.5 Å². The van der Waals surface area contributed by atoms with Crippen molar-refractivity contribution in [1.82, 2.24) is 15.2 Å². The summed E-state index contributed by atoms with van der Waals surface area (Å²) in [5.74, 6) is 0. The summed E-state index contributed by atoms with van der Waals surface area (Å²) in [5, 5.41) is 5.68. The molecule has 1 heterocycles. The molecule has 0 aliphatic carbocycles. The first-order chi connectivity index (χ1) is 8.11. The Morgan fingerprint density at radius 3 is 2.82 bits per heavy atom. The average molecular weight is 236 g/mol. The van der Waals surface area contributed by atoms with E-state index >= 15 is 0 Å². The molecule has 0 aliphatic heterocycles. The highest BCUT2D eigenvalue weighted by Gasteiger charge is 2.10. The highest BCUT2D eigenvalue weighted by molar-refractivity contribution is 5.89. The lowest BCUT2D eigenvalue weighted by molar-refractivity contribution is 0.243. The molecule has 0 radical (unpaired) electrons. The van der Waals surface area contributed by atoms with Crippen molar-refractivity contribution in [1.29, 1.82) is 0 Å². The lowest BCUT2D eigenvalue weighted by atomic mass is 10.2. The molecule has 0 unspecified atom stereocenters. The Bertz CT molecular complexity index is 340. The van der Waals surface area contributed by atoms with Gasteiger partial charge in [0.25, 0.3) is 0 Å². The fraction of sp³-hybridized carbons (Fsp3) is 0.500. The van der Waals surface area contributed by atoms with Gasteiger partial charge in [-0.25, -0.2) is 4.79 Å². The zero-order chi connectivity index (χ0) is 12.7. The molecule has 0 aromatic carbocycles. The zero-order valence-electron chi connectivity index (χ0n) is 10.6. The summed E-state index contributed by atoms with van der Waals surface area (Å²) < 4.78 is 0. The second kappa shape index (κ2) is 6.85. The largest absolute Gasteiger partial charge is 0.334 e. The Balaban J connectivity index is 2.43. The maximum Gasteiger partial charge on any atom is 0.319 e. The molecular weight excluding hydrogens is 216 g/mol. The van der Waals surface area contributed by atoms with Gasteiger partial charge in [0.15, 0.2) is 0 Å². The van der Waals surface area contributed by atoms with Gasteiger partial charge in [-0.2, -0.15) is 0 Å². The van der Waals surface area contributed by atoms with Crippen LogP contribution in [0.1, 0.15) is 13.3 Å². The lowest BCUT2D eigenvalue weighted by Crippen LogP contribution is -2.43. The van der Waals surface area contributed by atoms with Crippen LogP contribution in [-0.4, -0.2) is 42.6 Å². The van der Waals surface area contributed by atoms with Crippen LogP contribution in [0.15, 0.2) is 24.5 Å². The quantitative estimate of drug-likeness (QED) is 0.815. The molecule has 0 aliphatic rings. The number of carbonyl (C=O) groups excluding carboxylic acids is 1. The monoisotopic (exact) mass is 236 g/mol. The van der Waals surface area contributed by atoms with E-state index in [0.717, 1.165) is 13.0 Å². The summed E-state index contributed by atoms with van der Waals surface area (Å²) in [7, 11) is 3.98. The zero-order valence-corrected chi connectivity index (χ0v) is 10.6. The van der Waals surface area contributed by atoms with Gasteiger partial charge in [0.05, 0.1) is 11.9 Å². The predicted molar refractivity (Wildman–Crippen MR) is 69.0 cm³/mol. The molecule has 94 valence electrons. The highest BCUT2D eigenvalue weighted by Crippen LogP contribution is 2.02. The molecule has 5 nitrogen and oxygen atoms in total. The molecule has 5 heteroatoms. The van der Waals surface area contributed by atoms with Crippen molar-refractivity contribution in [2.75, 3.05) is 26.0 Å². The Hall–Kier alpha value is -1.62. The van der Waals surface area contributed by atoms with E-state index in [2.05, 4.69) is 27.4 Å². The SMILES string of the molecule is CC[C@H](CN(C)C)NC(=O)Nc1cccnc1. The standard InChI is InChI=1S/C12H20N4O/c1-4-10(9-16(2)3)14-12(17)15-11-6-5-7-13-8-11/h5-8,10H,4,9H2,1-3H3,(H2,14,15,17)/t10-/m1/s1. The topological polar surface area (TPSA) is 57.3 Å².